The lowest BCUT2D eigenvalue weighted by Crippen LogP contribution is -2.66. The van der Waals surface area contributed by atoms with E-state index < -0.39 is 23.7 Å². The number of benzene rings is 2. The molecule has 1 saturated carbocycles. The van der Waals surface area contributed by atoms with Crippen LogP contribution in [-0.4, -0.2) is 41.7 Å². The maximum Gasteiger partial charge on any atom is 0.435 e. The molecule has 1 atom stereocenters. The lowest BCUT2D eigenvalue weighted by atomic mass is 9.81. The molecule has 1 aliphatic carbocycles. The van der Waals surface area contributed by atoms with E-state index in [0.29, 0.717) is 24.2 Å². The second-order valence-electron chi connectivity index (χ2n) is 9.65. The van der Waals surface area contributed by atoms with Crippen molar-refractivity contribution in [1.82, 2.24) is 10.2 Å². The van der Waals surface area contributed by atoms with E-state index in [2.05, 4.69) is 26.4 Å². The van der Waals surface area contributed by atoms with Gasteiger partial charge in [0.15, 0.2) is 0 Å². The van der Waals surface area contributed by atoms with Crippen molar-refractivity contribution in [2.75, 3.05) is 13.1 Å². The van der Waals surface area contributed by atoms with E-state index in [-0.39, 0.29) is 43.5 Å². The standard InChI is InChI=1S/C24H17BrCl2F3N3O3/c25-19-16(26)6-13(7-17(19)27)23(24(28,29)30)8-18(32-36-23)12-3-4-15-14(5-12)20(34)31-22(15)9-33(10-22)21(35)11-1-2-11/h3-7,11H,1-2,8-10H2,(H,31,34). The van der Waals surface area contributed by atoms with Crippen molar-refractivity contribution >= 4 is 56.7 Å². The van der Waals surface area contributed by atoms with Crippen molar-refractivity contribution in [3.05, 3.63) is 67.1 Å². The highest BCUT2D eigenvalue weighted by Crippen LogP contribution is 2.51. The van der Waals surface area contributed by atoms with E-state index >= 15 is 0 Å². The number of rotatable bonds is 3. The SMILES string of the molecule is O=C1NC2(CN(C(=O)C3CC3)C2)c2ccc(C3=NOC(c4cc(Cl)c(Br)c(Cl)c4)(C(F)(F)F)C3)cc21. The molecule has 4 aliphatic rings. The van der Waals surface area contributed by atoms with Gasteiger partial charge < -0.3 is 15.1 Å². The minimum Gasteiger partial charge on any atom is -0.374 e. The van der Waals surface area contributed by atoms with Crippen LogP contribution in [0.1, 0.15) is 46.3 Å². The number of nitrogens with zero attached hydrogens (tertiary/aromatic N) is 2. The third-order valence-electron chi connectivity index (χ3n) is 7.26. The lowest BCUT2D eigenvalue weighted by molar-refractivity contribution is -0.275. The maximum atomic E-state index is 14.4. The molecule has 3 heterocycles. The number of nitrogens with one attached hydrogen (secondary N) is 1. The van der Waals surface area contributed by atoms with Crippen molar-refractivity contribution in [3.8, 4) is 0 Å². The third kappa shape index (κ3) is 3.48. The number of likely N-dealkylation sites (tertiary alicyclic amines) is 1. The summed E-state index contributed by atoms with van der Waals surface area (Å²) in [4.78, 5) is 31.9. The minimum absolute atomic E-state index is 0.00684. The average Bonchev–Trinajstić information content (AvgIpc) is 3.47. The van der Waals surface area contributed by atoms with Crippen molar-refractivity contribution in [3.63, 3.8) is 0 Å². The third-order valence-corrected chi connectivity index (χ3v) is 9.17. The summed E-state index contributed by atoms with van der Waals surface area (Å²) in [7, 11) is 0. The van der Waals surface area contributed by atoms with E-state index in [0.717, 1.165) is 30.5 Å². The molecule has 6 rings (SSSR count). The molecule has 2 aromatic rings. The number of alkyl halides is 3. The second-order valence-corrected chi connectivity index (χ2v) is 11.3. The van der Waals surface area contributed by atoms with Gasteiger partial charge in [-0.2, -0.15) is 13.2 Å². The molecule has 12 heteroatoms. The first-order valence-corrected chi connectivity index (χ1v) is 12.7. The molecule has 0 radical (unpaired) electrons. The van der Waals surface area contributed by atoms with Crippen LogP contribution in [0.25, 0.3) is 0 Å². The molecule has 3 aliphatic heterocycles. The summed E-state index contributed by atoms with van der Waals surface area (Å²) in [6, 6.07) is 7.16. The summed E-state index contributed by atoms with van der Waals surface area (Å²) in [5.74, 6) is -0.140. The molecule has 0 bridgehead atoms. The molecular formula is C24H17BrCl2F3N3O3. The first-order valence-electron chi connectivity index (χ1n) is 11.2. The Bertz CT molecular complexity index is 1350. The number of carbonyl (C=O) groups excluding carboxylic acids is 2. The van der Waals surface area contributed by atoms with Gasteiger partial charge in [-0.25, -0.2) is 0 Å². The summed E-state index contributed by atoms with van der Waals surface area (Å²) < 4.78 is 43.4. The Balaban J connectivity index is 1.29. The Hall–Kier alpha value is -2.30. The van der Waals surface area contributed by atoms with E-state index in [1.165, 1.54) is 6.07 Å². The van der Waals surface area contributed by atoms with Gasteiger partial charge in [-0.15, -0.1) is 0 Å². The van der Waals surface area contributed by atoms with E-state index in [1.54, 1.807) is 17.0 Å². The van der Waals surface area contributed by atoms with Crippen LogP contribution in [0.2, 0.25) is 10.0 Å². The Kier molecular flexibility index (Phi) is 5.25. The van der Waals surface area contributed by atoms with Crippen molar-refractivity contribution in [1.29, 1.82) is 0 Å². The van der Waals surface area contributed by atoms with E-state index in [1.807, 2.05) is 0 Å². The molecule has 0 aromatic heterocycles. The van der Waals surface area contributed by atoms with Crippen LogP contribution in [0.4, 0.5) is 13.2 Å². The van der Waals surface area contributed by atoms with Crippen LogP contribution in [0, 0.1) is 5.92 Å². The molecule has 36 heavy (non-hydrogen) atoms. The Morgan fingerprint density at radius 1 is 1.17 bits per heavy atom. The summed E-state index contributed by atoms with van der Waals surface area (Å²) in [5.41, 5.74) is -2.26. The predicted octanol–water partition coefficient (Wildman–Crippen LogP) is 5.53. The molecule has 1 unspecified atom stereocenters. The van der Waals surface area contributed by atoms with Gasteiger partial charge in [0.1, 0.15) is 5.54 Å². The monoisotopic (exact) mass is 601 g/mol. The Morgan fingerprint density at radius 2 is 1.83 bits per heavy atom. The van der Waals surface area contributed by atoms with Crippen molar-refractivity contribution in [2.45, 2.75) is 36.6 Å². The number of hydrogen-bond acceptors (Lipinski definition) is 4. The first kappa shape index (κ1) is 24.1. The fraction of sp³-hybridized carbons (Fsp3) is 0.375. The highest BCUT2D eigenvalue weighted by atomic mass is 79.9. The largest absolute Gasteiger partial charge is 0.435 e. The fourth-order valence-electron chi connectivity index (χ4n) is 5.13. The molecule has 2 aromatic carbocycles. The van der Waals surface area contributed by atoms with Crippen LogP contribution in [0.15, 0.2) is 40.0 Å². The second kappa shape index (κ2) is 7.85. The van der Waals surface area contributed by atoms with Gasteiger partial charge in [-0.05, 0) is 52.5 Å². The zero-order chi connectivity index (χ0) is 25.6. The van der Waals surface area contributed by atoms with Crippen molar-refractivity contribution < 1.29 is 27.6 Å². The number of fused-ring (bicyclic) bond motifs is 2. The molecule has 1 N–H and O–H groups in total. The minimum atomic E-state index is -4.83. The van der Waals surface area contributed by atoms with Crippen molar-refractivity contribution in [2.24, 2.45) is 11.1 Å². The molecule has 2 fully saturated rings. The first-order chi connectivity index (χ1) is 16.9. The molecule has 2 amide bonds. The normalized spacial score (nSPS) is 24.2. The van der Waals surface area contributed by atoms with Crippen LogP contribution in [0.3, 0.4) is 0 Å². The molecule has 6 nitrogen and oxygen atoms in total. The smallest absolute Gasteiger partial charge is 0.374 e. The quantitative estimate of drug-likeness (QED) is 0.470. The fourth-order valence-corrected chi connectivity index (χ4v) is 5.84. The molecular weight excluding hydrogens is 586 g/mol. The topological polar surface area (TPSA) is 71.0 Å². The predicted molar refractivity (Wildman–Crippen MR) is 129 cm³/mol. The summed E-state index contributed by atoms with van der Waals surface area (Å²) in [6.45, 7) is 0.763. The van der Waals surface area contributed by atoms with Gasteiger partial charge in [0, 0.05) is 42.1 Å². The van der Waals surface area contributed by atoms with E-state index in [9.17, 15) is 22.8 Å². The molecule has 1 spiro atoms. The lowest BCUT2D eigenvalue weighted by Gasteiger charge is -2.48. The number of hydrogen-bond donors (Lipinski definition) is 1. The molecule has 188 valence electrons. The number of amides is 2. The zero-order valence-electron chi connectivity index (χ0n) is 18.4. The highest BCUT2D eigenvalue weighted by molar-refractivity contribution is 9.10. The number of halogens is 6. The maximum absolute atomic E-state index is 14.4. The van der Waals surface area contributed by atoms with Gasteiger partial charge in [0.2, 0.25) is 5.91 Å². The van der Waals surface area contributed by atoms with Crippen LogP contribution in [-0.2, 0) is 20.8 Å². The average molecular weight is 603 g/mol. The molecule has 1 saturated heterocycles. The number of carbonyl (C=O) groups is 2. The Labute approximate surface area is 221 Å². The van der Waals surface area contributed by atoms with E-state index in [4.69, 9.17) is 28.0 Å². The van der Waals surface area contributed by atoms with Crippen LogP contribution in [0.5, 0.6) is 0 Å². The summed E-state index contributed by atoms with van der Waals surface area (Å²) in [6.07, 6.45) is -3.66. The van der Waals surface area contributed by atoms with Gasteiger partial charge >= 0.3 is 6.18 Å². The Morgan fingerprint density at radius 3 is 2.44 bits per heavy atom. The highest BCUT2D eigenvalue weighted by Gasteiger charge is 2.63. The number of oxime groups is 1. The zero-order valence-corrected chi connectivity index (χ0v) is 21.5. The summed E-state index contributed by atoms with van der Waals surface area (Å²) >= 11 is 15.3. The summed E-state index contributed by atoms with van der Waals surface area (Å²) in [5, 5.41) is 6.76. The van der Waals surface area contributed by atoms with Crippen LogP contribution < -0.4 is 5.32 Å². The van der Waals surface area contributed by atoms with Gasteiger partial charge in [-0.1, -0.05) is 40.5 Å². The van der Waals surface area contributed by atoms with Gasteiger partial charge in [-0.3, -0.25) is 9.59 Å². The van der Waals surface area contributed by atoms with Gasteiger partial charge in [0.25, 0.3) is 11.5 Å². The van der Waals surface area contributed by atoms with Gasteiger partial charge in [0.05, 0.1) is 20.2 Å². The van der Waals surface area contributed by atoms with Crippen LogP contribution >= 0.6 is 39.1 Å².